The van der Waals surface area contributed by atoms with Crippen LogP contribution in [0.25, 0.3) is 0 Å². The van der Waals surface area contributed by atoms with Crippen LogP contribution in [0.4, 0.5) is 17.2 Å². The van der Waals surface area contributed by atoms with Gasteiger partial charge in [-0.2, -0.15) is 0 Å². The van der Waals surface area contributed by atoms with E-state index >= 15 is 0 Å². The zero-order valence-electron chi connectivity index (χ0n) is 13.8. The molecule has 124 valence electrons. The van der Waals surface area contributed by atoms with E-state index in [-0.39, 0.29) is 19.1 Å². The van der Waals surface area contributed by atoms with Gasteiger partial charge in [0.05, 0.1) is 24.1 Å². The van der Waals surface area contributed by atoms with Crippen LogP contribution < -0.4 is 9.80 Å². The average Bonchev–Trinajstić information content (AvgIpc) is 2.66. The summed E-state index contributed by atoms with van der Waals surface area (Å²) in [5.74, 6) is 0.407. The Labute approximate surface area is 139 Å². The molecule has 0 fully saturated rings. The standard InChI is InChI=1S/C17H18N4O3/c1-4-24-15(22)10-21-14-9-18-11(2)19-16(14)20(3)13-8-6-5-7-12(13)17(21)23/h5-9H,4,10H2,1-3H3. The minimum atomic E-state index is -0.473. The van der Waals surface area contributed by atoms with E-state index in [0.29, 0.717) is 22.9 Å². The summed E-state index contributed by atoms with van der Waals surface area (Å²) in [6.07, 6.45) is 1.57. The molecule has 24 heavy (non-hydrogen) atoms. The Balaban J connectivity index is 2.16. The Morgan fingerprint density at radius 1 is 1.25 bits per heavy atom. The number of carbonyl (C=O) groups excluding carboxylic acids is 2. The van der Waals surface area contributed by atoms with E-state index < -0.39 is 5.97 Å². The van der Waals surface area contributed by atoms with Crippen LogP contribution in [0.5, 0.6) is 0 Å². The number of nitrogens with zero attached hydrogens (tertiary/aromatic N) is 4. The second-order valence-electron chi connectivity index (χ2n) is 5.40. The largest absolute Gasteiger partial charge is 0.465 e. The number of carbonyl (C=O) groups is 2. The Hall–Kier alpha value is -2.96. The molecule has 1 amide bonds. The van der Waals surface area contributed by atoms with Gasteiger partial charge in [0.25, 0.3) is 5.91 Å². The molecule has 0 aliphatic carbocycles. The zero-order valence-corrected chi connectivity index (χ0v) is 13.8. The van der Waals surface area contributed by atoms with Gasteiger partial charge in [0, 0.05) is 7.05 Å². The minimum absolute atomic E-state index is 0.186. The molecule has 1 aromatic carbocycles. The third kappa shape index (κ3) is 2.68. The number of para-hydroxylation sites is 1. The summed E-state index contributed by atoms with van der Waals surface area (Å²) in [5, 5.41) is 0. The summed E-state index contributed by atoms with van der Waals surface area (Å²) in [6.45, 7) is 3.58. The second-order valence-corrected chi connectivity index (χ2v) is 5.40. The van der Waals surface area contributed by atoms with Gasteiger partial charge in [0.2, 0.25) is 0 Å². The van der Waals surface area contributed by atoms with Crippen molar-refractivity contribution in [3.8, 4) is 0 Å². The predicted molar refractivity (Wildman–Crippen MR) is 89.6 cm³/mol. The number of hydrogen-bond donors (Lipinski definition) is 0. The maximum Gasteiger partial charge on any atom is 0.326 e. The average molecular weight is 326 g/mol. The van der Waals surface area contributed by atoms with Crippen LogP contribution in [0, 0.1) is 6.92 Å². The number of aromatic nitrogens is 2. The summed E-state index contributed by atoms with van der Waals surface area (Å²) in [5.41, 5.74) is 1.71. The normalized spacial score (nSPS) is 13.2. The maximum atomic E-state index is 13.0. The van der Waals surface area contributed by atoms with Crippen molar-refractivity contribution in [1.29, 1.82) is 0 Å². The number of ether oxygens (including phenoxy) is 1. The molecular weight excluding hydrogens is 308 g/mol. The number of amides is 1. The van der Waals surface area contributed by atoms with Crippen molar-refractivity contribution in [3.05, 3.63) is 41.9 Å². The Kier molecular flexibility index (Phi) is 4.16. The molecule has 7 nitrogen and oxygen atoms in total. The third-order valence-electron chi connectivity index (χ3n) is 3.81. The quantitative estimate of drug-likeness (QED) is 0.804. The lowest BCUT2D eigenvalue weighted by molar-refractivity contribution is -0.141. The number of hydrogen-bond acceptors (Lipinski definition) is 6. The highest BCUT2D eigenvalue weighted by Gasteiger charge is 2.32. The van der Waals surface area contributed by atoms with Crippen LogP contribution in [0.1, 0.15) is 23.1 Å². The number of benzene rings is 1. The van der Waals surface area contributed by atoms with Gasteiger partial charge in [0.15, 0.2) is 5.82 Å². The molecule has 0 atom stereocenters. The Morgan fingerprint density at radius 2 is 2.00 bits per heavy atom. The van der Waals surface area contributed by atoms with Crippen LogP contribution in [-0.2, 0) is 9.53 Å². The van der Waals surface area contributed by atoms with Crippen molar-refractivity contribution in [2.75, 3.05) is 30.0 Å². The van der Waals surface area contributed by atoms with Crippen molar-refractivity contribution < 1.29 is 14.3 Å². The topological polar surface area (TPSA) is 75.6 Å². The number of esters is 1. The number of fused-ring (bicyclic) bond motifs is 2. The molecule has 2 heterocycles. The van der Waals surface area contributed by atoms with Gasteiger partial charge in [-0.3, -0.25) is 14.5 Å². The Bertz CT molecular complexity index is 806. The van der Waals surface area contributed by atoms with Gasteiger partial charge in [-0.05, 0) is 26.0 Å². The lowest BCUT2D eigenvalue weighted by atomic mass is 10.1. The van der Waals surface area contributed by atoms with E-state index in [1.165, 1.54) is 4.90 Å². The predicted octanol–water partition coefficient (Wildman–Crippen LogP) is 2.08. The number of rotatable bonds is 3. The summed E-state index contributed by atoms with van der Waals surface area (Å²) in [7, 11) is 1.84. The van der Waals surface area contributed by atoms with Gasteiger partial charge < -0.3 is 9.64 Å². The highest BCUT2D eigenvalue weighted by molar-refractivity contribution is 6.14. The SMILES string of the molecule is CCOC(=O)CN1C(=O)c2ccccc2N(C)c2nc(C)ncc21. The lowest BCUT2D eigenvalue weighted by Gasteiger charge is -2.22. The fourth-order valence-corrected chi connectivity index (χ4v) is 2.70. The van der Waals surface area contributed by atoms with E-state index in [1.807, 2.05) is 24.1 Å². The van der Waals surface area contributed by atoms with Gasteiger partial charge in [-0.25, -0.2) is 9.97 Å². The first kappa shape index (κ1) is 15.9. The van der Waals surface area contributed by atoms with E-state index in [0.717, 1.165) is 5.69 Å². The number of aryl methyl sites for hydroxylation is 1. The lowest BCUT2D eigenvalue weighted by Crippen LogP contribution is -2.36. The first-order chi connectivity index (χ1) is 11.5. The molecule has 0 unspecified atom stereocenters. The zero-order chi connectivity index (χ0) is 17.3. The van der Waals surface area contributed by atoms with Crippen molar-refractivity contribution in [2.45, 2.75) is 13.8 Å². The third-order valence-corrected chi connectivity index (χ3v) is 3.81. The van der Waals surface area contributed by atoms with Gasteiger partial charge in [-0.1, -0.05) is 12.1 Å². The van der Waals surface area contributed by atoms with Gasteiger partial charge in [-0.15, -0.1) is 0 Å². The van der Waals surface area contributed by atoms with Crippen molar-refractivity contribution in [3.63, 3.8) is 0 Å². The number of anilines is 3. The van der Waals surface area contributed by atoms with Crippen molar-refractivity contribution in [2.24, 2.45) is 0 Å². The Morgan fingerprint density at radius 3 is 2.75 bits per heavy atom. The van der Waals surface area contributed by atoms with Gasteiger partial charge >= 0.3 is 5.97 Å². The molecule has 2 aromatic rings. The first-order valence-electron chi connectivity index (χ1n) is 7.66. The first-order valence-corrected chi connectivity index (χ1v) is 7.66. The summed E-state index contributed by atoms with van der Waals surface area (Å²) < 4.78 is 5.00. The molecule has 0 saturated carbocycles. The molecule has 0 saturated heterocycles. The van der Waals surface area contributed by atoms with E-state index in [9.17, 15) is 9.59 Å². The van der Waals surface area contributed by atoms with Gasteiger partial charge in [0.1, 0.15) is 18.1 Å². The van der Waals surface area contributed by atoms with E-state index in [1.54, 1.807) is 32.2 Å². The van der Waals surface area contributed by atoms with Crippen molar-refractivity contribution >= 4 is 29.1 Å². The fourth-order valence-electron chi connectivity index (χ4n) is 2.70. The molecule has 0 bridgehead atoms. The van der Waals surface area contributed by atoms with Crippen LogP contribution >= 0.6 is 0 Å². The highest BCUT2D eigenvalue weighted by atomic mass is 16.5. The van der Waals surface area contributed by atoms with Crippen molar-refractivity contribution in [1.82, 2.24) is 9.97 Å². The molecule has 1 aromatic heterocycles. The summed E-state index contributed by atoms with van der Waals surface area (Å²) in [4.78, 5) is 36.8. The van der Waals surface area contributed by atoms with Crippen LogP contribution in [0.3, 0.4) is 0 Å². The second kappa shape index (κ2) is 6.27. The molecule has 1 aliphatic rings. The molecule has 1 aliphatic heterocycles. The highest BCUT2D eigenvalue weighted by Crippen LogP contribution is 2.37. The minimum Gasteiger partial charge on any atom is -0.465 e. The fraction of sp³-hybridized carbons (Fsp3) is 0.294. The summed E-state index contributed by atoms with van der Waals surface area (Å²) in [6, 6.07) is 7.23. The van der Waals surface area contributed by atoms with Crippen LogP contribution in [-0.4, -0.2) is 42.0 Å². The molecular formula is C17H18N4O3. The van der Waals surface area contributed by atoms with E-state index in [4.69, 9.17) is 4.74 Å². The molecule has 0 N–H and O–H groups in total. The molecule has 0 radical (unpaired) electrons. The van der Waals surface area contributed by atoms with Crippen LogP contribution in [0.15, 0.2) is 30.5 Å². The molecule has 3 rings (SSSR count). The summed E-state index contributed by atoms with van der Waals surface area (Å²) >= 11 is 0. The van der Waals surface area contributed by atoms with Crippen LogP contribution in [0.2, 0.25) is 0 Å². The maximum absolute atomic E-state index is 13.0. The smallest absolute Gasteiger partial charge is 0.326 e. The monoisotopic (exact) mass is 326 g/mol. The van der Waals surface area contributed by atoms with E-state index in [2.05, 4.69) is 9.97 Å². The molecule has 0 spiro atoms. The molecule has 7 heteroatoms.